The van der Waals surface area contributed by atoms with Crippen LogP contribution in [-0.2, 0) is 17.4 Å². The normalized spacial score (nSPS) is 17.0. The van der Waals surface area contributed by atoms with Crippen LogP contribution in [0.5, 0.6) is 0 Å². The van der Waals surface area contributed by atoms with E-state index in [1.165, 1.54) is 6.07 Å². The number of carbonyl (C=O) groups is 1. The minimum atomic E-state index is -4.44. The summed E-state index contributed by atoms with van der Waals surface area (Å²) < 4.78 is 39.8. The Morgan fingerprint density at radius 2 is 1.96 bits per heavy atom. The van der Waals surface area contributed by atoms with Crippen molar-refractivity contribution in [3.63, 3.8) is 0 Å². The van der Waals surface area contributed by atoms with E-state index < -0.39 is 17.8 Å². The van der Waals surface area contributed by atoms with Gasteiger partial charge in [0.25, 0.3) is 0 Å². The highest BCUT2D eigenvalue weighted by Gasteiger charge is 2.36. The Morgan fingerprint density at radius 3 is 2.71 bits per heavy atom. The molecule has 0 saturated heterocycles. The van der Waals surface area contributed by atoms with Crippen LogP contribution < -0.4 is 5.73 Å². The molecule has 1 aromatic heterocycles. The Labute approximate surface area is 160 Å². The molecule has 0 bridgehead atoms. The summed E-state index contributed by atoms with van der Waals surface area (Å²) in [4.78, 5) is 17.7. The first kappa shape index (κ1) is 18.6. The number of nitrogens with two attached hydrogens (primary N) is 1. The largest absolute Gasteiger partial charge is 0.416 e. The molecule has 0 fully saturated rings. The maximum atomic E-state index is 13.3. The molecule has 3 N–H and O–H groups in total. The van der Waals surface area contributed by atoms with Crippen LogP contribution in [0, 0.1) is 0 Å². The second-order valence-electron chi connectivity index (χ2n) is 6.96. The third-order valence-corrected chi connectivity index (χ3v) is 5.24. The highest BCUT2D eigenvalue weighted by atomic mass is 19.4. The lowest BCUT2D eigenvalue weighted by molar-refractivity contribution is -0.137. The van der Waals surface area contributed by atoms with E-state index in [9.17, 15) is 18.0 Å². The number of H-pyrrole nitrogens is 1. The molecule has 2 aromatic carbocycles. The van der Waals surface area contributed by atoms with Gasteiger partial charge in [-0.2, -0.15) is 13.2 Å². The molecule has 4 rings (SSSR count). The molecule has 1 atom stereocenters. The Kier molecular flexibility index (Phi) is 4.63. The van der Waals surface area contributed by atoms with Gasteiger partial charge in [-0.25, -0.2) is 0 Å². The highest BCUT2D eigenvalue weighted by Crippen LogP contribution is 2.40. The number of rotatable bonds is 3. The minimum absolute atomic E-state index is 0.158. The van der Waals surface area contributed by atoms with Gasteiger partial charge in [-0.3, -0.25) is 4.79 Å². The monoisotopic (exact) mass is 387 g/mol. The van der Waals surface area contributed by atoms with Crippen molar-refractivity contribution in [2.75, 3.05) is 13.1 Å². The molecule has 1 aliphatic heterocycles. The summed E-state index contributed by atoms with van der Waals surface area (Å²) in [5, 5.41) is 1.04. The second kappa shape index (κ2) is 6.98. The fourth-order valence-electron chi connectivity index (χ4n) is 4.01. The summed E-state index contributed by atoms with van der Waals surface area (Å²) in [6.45, 7) is 0.638. The molecule has 28 heavy (non-hydrogen) atoms. The number of hydrogen-bond donors (Lipinski definition) is 2. The Hall–Kier alpha value is -2.80. The highest BCUT2D eigenvalue weighted by molar-refractivity contribution is 5.86. The number of carbonyl (C=O) groups excluding carboxylic acids is 1. The van der Waals surface area contributed by atoms with Crippen LogP contribution in [0.4, 0.5) is 13.2 Å². The fraction of sp³-hybridized carbons (Fsp3) is 0.286. The molecule has 7 heteroatoms. The van der Waals surface area contributed by atoms with Crippen molar-refractivity contribution in [1.82, 2.24) is 9.88 Å². The summed E-state index contributed by atoms with van der Waals surface area (Å²) in [6, 6.07) is 12.4. The molecule has 1 amide bonds. The summed E-state index contributed by atoms with van der Waals surface area (Å²) >= 11 is 0. The average Bonchev–Trinajstić information content (AvgIpc) is 3.05. The predicted molar refractivity (Wildman–Crippen MR) is 101 cm³/mol. The lowest BCUT2D eigenvalue weighted by atomic mass is 9.91. The van der Waals surface area contributed by atoms with Crippen molar-refractivity contribution in [1.29, 1.82) is 0 Å². The quantitative estimate of drug-likeness (QED) is 0.713. The molecule has 3 aromatic rings. The van der Waals surface area contributed by atoms with Crippen molar-refractivity contribution in [2.24, 2.45) is 5.73 Å². The van der Waals surface area contributed by atoms with Crippen LogP contribution in [0.2, 0.25) is 0 Å². The van der Waals surface area contributed by atoms with Gasteiger partial charge in [0.05, 0.1) is 11.6 Å². The van der Waals surface area contributed by atoms with Crippen LogP contribution in [0.3, 0.4) is 0 Å². The van der Waals surface area contributed by atoms with E-state index >= 15 is 0 Å². The van der Waals surface area contributed by atoms with Crippen molar-refractivity contribution in [3.8, 4) is 0 Å². The Balaban J connectivity index is 1.88. The van der Waals surface area contributed by atoms with Crippen LogP contribution >= 0.6 is 0 Å². The number of alkyl halides is 3. The van der Waals surface area contributed by atoms with Gasteiger partial charge in [-0.15, -0.1) is 0 Å². The molecule has 0 radical (unpaired) electrons. The van der Waals surface area contributed by atoms with E-state index in [2.05, 4.69) is 4.98 Å². The maximum absolute atomic E-state index is 13.3. The first-order valence-corrected chi connectivity index (χ1v) is 9.16. The SMILES string of the molecule is NCCC(=O)N1CCc2c([nH]c3ccccc23)[C@H]1c1cccc(C(F)(F)F)c1. The summed E-state index contributed by atoms with van der Waals surface area (Å²) in [5.74, 6) is -0.158. The van der Waals surface area contributed by atoms with Gasteiger partial charge in [0.15, 0.2) is 0 Å². The first-order chi connectivity index (χ1) is 13.4. The third kappa shape index (κ3) is 3.16. The van der Waals surface area contributed by atoms with Crippen molar-refractivity contribution in [3.05, 3.63) is 70.9 Å². The average molecular weight is 387 g/mol. The topological polar surface area (TPSA) is 62.1 Å². The van der Waals surface area contributed by atoms with E-state index in [0.717, 1.165) is 34.3 Å². The molecule has 0 aliphatic carbocycles. The molecule has 4 nitrogen and oxygen atoms in total. The molecule has 0 spiro atoms. The number of nitrogens with one attached hydrogen (secondary N) is 1. The summed E-state index contributed by atoms with van der Waals surface area (Å²) in [5.41, 5.74) is 8.01. The van der Waals surface area contributed by atoms with Crippen LogP contribution in [0.1, 0.15) is 34.8 Å². The van der Waals surface area contributed by atoms with E-state index in [1.807, 2.05) is 24.3 Å². The van der Waals surface area contributed by atoms with Crippen LogP contribution in [-0.4, -0.2) is 28.9 Å². The summed E-state index contributed by atoms with van der Waals surface area (Å²) in [6.07, 6.45) is -3.64. The molecular weight excluding hydrogens is 367 g/mol. The summed E-state index contributed by atoms with van der Waals surface area (Å²) in [7, 11) is 0. The first-order valence-electron chi connectivity index (χ1n) is 9.16. The van der Waals surface area contributed by atoms with Crippen molar-refractivity contribution in [2.45, 2.75) is 25.1 Å². The predicted octanol–water partition coefficient (Wildman–Crippen LogP) is 4.01. The molecule has 1 aliphatic rings. The smallest absolute Gasteiger partial charge is 0.356 e. The van der Waals surface area contributed by atoms with E-state index in [0.29, 0.717) is 18.5 Å². The molecule has 2 heterocycles. The zero-order valence-corrected chi connectivity index (χ0v) is 15.1. The standard InChI is InChI=1S/C21H20F3N3O/c22-21(23,24)14-5-3-4-13(12-14)20-19-16(9-11-27(20)18(28)8-10-25)15-6-1-2-7-17(15)26-19/h1-7,12,20,26H,8-11,25H2/t20-/m1/s1. The number of fused-ring (bicyclic) bond motifs is 3. The molecule has 146 valence electrons. The number of aromatic nitrogens is 1. The zero-order chi connectivity index (χ0) is 19.9. The third-order valence-electron chi connectivity index (χ3n) is 5.24. The number of hydrogen-bond acceptors (Lipinski definition) is 2. The Morgan fingerprint density at radius 1 is 1.18 bits per heavy atom. The molecule has 0 saturated carbocycles. The minimum Gasteiger partial charge on any atom is -0.356 e. The van der Waals surface area contributed by atoms with Gasteiger partial charge >= 0.3 is 6.18 Å². The second-order valence-corrected chi connectivity index (χ2v) is 6.96. The van der Waals surface area contributed by atoms with E-state index in [1.54, 1.807) is 11.0 Å². The number of amides is 1. The maximum Gasteiger partial charge on any atom is 0.416 e. The van der Waals surface area contributed by atoms with Gasteiger partial charge in [0.2, 0.25) is 5.91 Å². The van der Waals surface area contributed by atoms with Gasteiger partial charge in [0.1, 0.15) is 0 Å². The number of halogens is 3. The lowest BCUT2D eigenvalue weighted by Gasteiger charge is -2.36. The zero-order valence-electron chi connectivity index (χ0n) is 15.1. The van der Waals surface area contributed by atoms with Crippen LogP contribution in [0.15, 0.2) is 48.5 Å². The van der Waals surface area contributed by atoms with E-state index in [-0.39, 0.29) is 18.9 Å². The van der Waals surface area contributed by atoms with Crippen molar-refractivity contribution < 1.29 is 18.0 Å². The molecule has 0 unspecified atom stereocenters. The van der Waals surface area contributed by atoms with Gasteiger partial charge < -0.3 is 15.6 Å². The molecular formula is C21H20F3N3O. The lowest BCUT2D eigenvalue weighted by Crippen LogP contribution is -2.41. The van der Waals surface area contributed by atoms with Gasteiger partial charge in [-0.1, -0.05) is 30.3 Å². The van der Waals surface area contributed by atoms with E-state index in [4.69, 9.17) is 5.73 Å². The fourth-order valence-corrected chi connectivity index (χ4v) is 4.01. The van der Waals surface area contributed by atoms with Crippen molar-refractivity contribution >= 4 is 16.8 Å². The number of para-hydroxylation sites is 1. The number of nitrogens with zero attached hydrogens (tertiary/aromatic N) is 1. The Bertz CT molecular complexity index is 1030. The van der Waals surface area contributed by atoms with Gasteiger partial charge in [0, 0.05) is 36.1 Å². The van der Waals surface area contributed by atoms with Gasteiger partial charge in [-0.05, 0) is 35.7 Å². The number of benzene rings is 2. The van der Waals surface area contributed by atoms with Crippen LogP contribution in [0.25, 0.3) is 10.9 Å². The number of aromatic amines is 1.